The molecule has 76 valence electrons. The highest BCUT2D eigenvalue weighted by atomic mass is 16.5. The van der Waals surface area contributed by atoms with Crippen molar-refractivity contribution in [3.05, 3.63) is 35.9 Å². The second-order valence-corrected chi connectivity index (χ2v) is 3.23. The van der Waals surface area contributed by atoms with Crippen LogP contribution >= 0.6 is 0 Å². The molecule has 0 bridgehead atoms. The largest absolute Gasteiger partial charge is 0.493 e. The van der Waals surface area contributed by atoms with Crippen molar-refractivity contribution in [3.63, 3.8) is 0 Å². The molecule has 0 aliphatic heterocycles. The number of hydrogen-bond acceptors (Lipinski definition) is 1. The van der Waals surface area contributed by atoms with Crippen molar-refractivity contribution in [2.45, 2.75) is 26.7 Å². The molecule has 0 aliphatic carbocycles. The van der Waals surface area contributed by atoms with Gasteiger partial charge in [-0.15, -0.1) is 0 Å². The van der Waals surface area contributed by atoms with E-state index in [4.69, 9.17) is 4.74 Å². The van der Waals surface area contributed by atoms with Gasteiger partial charge < -0.3 is 4.74 Å². The third-order valence-electron chi connectivity index (χ3n) is 2.20. The Balaban J connectivity index is 2.96. The van der Waals surface area contributed by atoms with Crippen molar-refractivity contribution < 1.29 is 4.74 Å². The second kappa shape index (κ2) is 5.48. The molecule has 0 unspecified atom stereocenters. The highest BCUT2D eigenvalue weighted by Crippen LogP contribution is 2.23. The highest BCUT2D eigenvalue weighted by Gasteiger charge is 2.04. The molecule has 0 aromatic heterocycles. The van der Waals surface area contributed by atoms with Crippen LogP contribution in [-0.2, 0) is 6.42 Å². The molecule has 0 atom stereocenters. The summed E-state index contributed by atoms with van der Waals surface area (Å²) in [6.45, 7) is 8.84. The molecule has 0 radical (unpaired) electrons. The molecular formula is C13H18O. The number of benzene rings is 1. The van der Waals surface area contributed by atoms with Gasteiger partial charge in [0.1, 0.15) is 5.75 Å². The Morgan fingerprint density at radius 2 is 2.14 bits per heavy atom. The highest BCUT2D eigenvalue weighted by molar-refractivity contribution is 5.56. The molecule has 0 amide bonds. The zero-order chi connectivity index (χ0) is 10.4. The average molecular weight is 190 g/mol. The molecule has 0 heterocycles. The van der Waals surface area contributed by atoms with Gasteiger partial charge in [-0.25, -0.2) is 0 Å². The van der Waals surface area contributed by atoms with Crippen LogP contribution in [0.3, 0.4) is 0 Å². The summed E-state index contributed by atoms with van der Waals surface area (Å²) < 4.78 is 5.67. The van der Waals surface area contributed by atoms with Crippen molar-refractivity contribution in [1.82, 2.24) is 0 Å². The fraction of sp³-hybridized carbons (Fsp3) is 0.385. The predicted octanol–water partition coefficient (Wildman–Crippen LogP) is 3.68. The van der Waals surface area contributed by atoms with Crippen molar-refractivity contribution in [3.8, 4) is 5.75 Å². The summed E-state index contributed by atoms with van der Waals surface area (Å²) in [5.41, 5.74) is 2.44. The van der Waals surface area contributed by atoms with E-state index in [1.54, 1.807) is 0 Å². The van der Waals surface area contributed by atoms with Crippen LogP contribution in [0.5, 0.6) is 5.75 Å². The maximum atomic E-state index is 5.67. The summed E-state index contributed by atoms with van der Waals surface area (Å²) in [6, 6.07) is 6.12. The maximum Gasteiger partial charge on any atom is 0.123 e. The minimum Gasteiger partial charge on any atom is -0.493 e. The molecule has 0 saturated heterocycles. The Morgan fingerprint density at radius 1 is 1.36 bits per heavy atom. The Kier molecular flexibility index (Phi) is 4.24. The van der Waals surface area contributed by atoms with Crippen LogP contribution < -0.4 is 4.74 Å². The first-order valence-electron chi connectivity index (χ1n) is 5.20. The molecule has 1 aromatic carbocycles. The van der Waals surface area contributed by atoms with Crippen LogP contribution in [-0.4, -0.2) is 6.61 Å². The van der Waals surface area contributed by atoms with Gasteiger partial charge in [-0.1, -0.05) is 38.6 Å². The first-order chi connectivity index (χ1) is 6.83. The summed E-state index contributed by atoms with van der Waals surface area (Å²) in [6.07, 6.45) is 3.92. The zero-order valence-electron chi connectivity index (χ0n) is 9.05. The standard InChI is InChI=1S/C13H18O/c1-4-10-14-13-9-7-8-11(5-2)12(13)6-3/h5,7-9H,2,4,6,10H2,1,3H3. The van der Waals surface area contributed by atoms with E-state index in [2.05, 4.69) is 26.5 Å². The smallest absolute Gasteiger partial charge is 0.123 e. The van der Waals surface area contributed by atoms with Gasteiger partial charge in [-0.05, 0) is 24.5 Å². The van der Waals surface area contributed by atoms with E-state index in [0.717, 1.165) is 25.2 Å². The molecule has 0 aliphatic rings. The Labute approximate surface area is 86.4 Å². The SMILES string of the molecule is C=Cc1cccc(OCCC)c1CC. The van der Waals surface area contributed by atoms with E-state index in [0.29, 0.717) is 0 Å². The van der Waals surface area contributed by atoms with Gasteiger partial charge in [0.05, 0.1) is 6.61 Å². The third-order valence-corrected chi connectivity index (χ3v) is 2.20. The van der Waals surface area contributed by atoms with Crippen molar-refractivity contribution in [2.75, 3.05) is 6.61 Å². The summed E-state index contributed by atoms with van der Waals surface area (Å²) in [5, 5.41) is 0. The van der Waals surface area contributed by atoms with Crippen LogP contribution in [0.4, 0.5) is 0 Å². The van der Waals surface area contributed by atoms with Crippen LogP contribution in [0.1, 0.15) is 31.4 Å². The van der Waals surface area contributed by atoms with Crippen molar-refractivity contribution >= 4 is 6.08 Å². The van der Waals surface area contributed by atoms with E-state index in [-0.39, 0.29) is 0 Å². The van der Waals surface area contributed by atoms with Gasteiger partial charge in [0.2, 0.25) is 0 Å². The van der Waals surface area contributed by atoms with Crippen LogP contribution in [0.2, 0.25) is 0 Å². The van der Waals surface area contributed by atoms with Crippen molar-refractivity contribution in [1.29, 1.82) is 0 Å². The molecule has 14 heavy (non-hydrogen) atoms. The van der Waals surface area contributed by atoms with Gasteiger partial charge in [0, 0.05) is 5.56 Å². The van der Waals surface area contributed by atoms with Crippen LogP contribution in [0, 0.1) is 0 Å². The zero-order valence-corrected chi connectivity index (χ0v) is 9.05. The summed E-state index contributed by atoms with van der Waals surface area (Å²) in [5.74, 6) is 1.01. The Bertz CT molecular complexity index is 302. The van der Waals surface area contributed by atoms with Crippen LogP contribution in [0.15, 0.2) is 24.8 Å². The maximum absolute atomic E-state index is 5.67. The van der Waals surface area contributed by atoms with E-state index >= 15 is 0 Å². The molecule has 1 rings (SSSR count). The Morgan fingerprint density at radius 3 is 2.71 bits per heavy atom. The van der Waals surface area contributed by atoms with E-state index in [1.165, 1.54) is 11.1 Å². The molecule has 0 fully saturated rings. The lowest BCUT2D eigenvalue weighted by Gasteiger charge is -2.11. The lowest BCUT2D eigenvalue weighted by molar-refractivity contribution is 0.314. The predicted molar refractivity (Wildman–Crippen MR) is 61.7 cm³/mol. The van der Waals surface area contributed by atoms with Gasteiger partial charge >= 0.3 is 0 Å². The average Bonchev–Trinajstić information content (AvgIpc) is 2.25. The summed E-state index contributed by atoms with van der Waals surface area (Å²) in [7, 11) is 0. The van der Waals surface area contributed by atoms with Gasteiger partial charge in [0.15, 0.2) is 0 Å². The lowest BCUT2D eigenvalue weighted by Crippen LogP contribution is -1.99. The fourth-order valence-corrected chi connectivity index (χ4v) is 1.50. The van der Waals surface area contributed by atoms with Gasteiger partial charge in [0.25, 0.3) is 0 Å². The first-order valence-corrected chi connectivity index (χ1v) is 5.20. The van der Waals surface area contributed by atoms with Gasteiger partial charge in [-0.3, -0.25) is 0 Å². The van der Waals surface area contributed by atoms with E-state index < -0.39 is 0 Å². The molecular weight excluding hydrogens is 172 g/mol. The summed E-state index contributed by atoms with van der Waals surface area (Å²) in [4.78, 5) is 0. The number of ether oxygens (including phenoxy) is 1. The quantitative estimate of drug-likeness (QED) is 0.688. The number of hydrogen-bond donors (Lipinski definition) is 0. The summed E-state index contributed by atoms with van der Waals surface area (Å²) >= 11 is 0. The first kappa shape index (κ1) is 10.8. The van der Waals surface area contributed by atoms with E-state index in [9.17, 15) is 0 Å². The normalized spacial score (nSPS) is 9.86. The molecule has 1 nitrogen and oxygen atoms in total. The van der Waals surface area contributed by atoms with Crippen molar-refractivity contribution in [2.24, 2.45) is 0 Å². The molecule has 0 spiro atoms. The van der Waals surface area contributed by atoms with E-state index in [1.807, 2.05) is 18.2 Å². The van der Waals surface area contributed by atoms with Crippen LogP contribution in [0.25, 0.3) is 6.08 Å². The Hall–Kier alpha value is -1.24. The topological polar surface area (TPSA) is 9.23 Å². The fourth-order valence-electron chi connectivity index (χ4n) is 1.50. The monoisotopic (exact) mass is 190 g/mol. The van der Waals surface area contributed by atoms with Gasteiger partial charge in [-0.2, -0.15) is 0 Å². The molecule has 1 aromatic rings. The molecule has 0 N–H and O–H groups in total. The molecule has 1 heteroatoms. The lowest BCUT2D eigenvalue weighted by atomic mass is 10.0. The minimum absolute atomic E-state index is 0.785. The third kappa shape index (κ3) is 2.38. The second-order valence-electron chi connectivity index (χ2n) is 3.23. The minimum atomic E-state index is 0.785. The number of rotatable bonds is 5. The molecule has 0 saturated carbocycles.